The number of ether oxygens (including phenoxy) is 2. The van der Waals surface area contributed by atoms with Crippen molar-refractivity contribution in [3.8, 4) is 11.5 Å². The summed E-state index contributed by atoms with van der Waals surface area (Å²) in [7, 11) is 1.82. The van der Waals surface area contributed by atoms with Crippen LogP contribution >= 0.6 is 0 Å². The smallest absolute Gasteiger partial charge is 0.311 e. The van der Waals surface area contributed by atoms with Gasteiger partial charge in [-0.3, -0.25) is 9.59 Å². The molecule has 8 nitrogen and oxygen atoms in total. The van der Waals surface area contributed by atoms with E-state index in [1.54, 1.807) is 26.0 Å². The van der Waals surface area contributed by atoms with Gasteiger partial charge in [-0.25, -0.2) is 9.97 Å². The predicted molar refractivity (Wildman–Crippen MR) is 135 cm³/mol. The molecular formula is C27H24N4O4. The van der Waals surface area contributed by atoms with E-state index in [9.17, 15) is 9.59 Å². The second kappa shape index (κ2) is 9.06. The van der Waals surface area contributed by atoms with Crippen LogP contribution in [0.3, 0.4) is 0 Å². The summed E-state index contributed by atoms with van der Waals surface area (Å²) in [6, 6.07) is 11.5. The number of hydrogen-bond donors (Lipinski definition) is 1. The fourth-order valence-corrected chi connectivity index (χ4v) is 3.87. The molecular weight excluding hydrogens is 444 g/mol. The highest BCUT2D eigenvalue weighted by Crippen LogP contribution is 2.40. The fourth-order valence-electron chi connectivity index (χ4n) is 3.87. The molecule has 0 unspecified atom stereocenters. The lowest BCUT2D eigenvalue weighted by Gasteiger charge is -2.06. The summed E-state index contributed by atoms with van der Waals surface area (Å²) in [5.74, 6) is -0.521. The Hall–Kier alpha value is -4.46. The van der Waals surface area contributed by atoms with Crippen LogP contribution in [-0.4, -0.2) is 31.5 Å². The minimum absolute atomic E-state index is 0.170. The first-order chi connectivity index (χ1) is 16.9. The van der Waals surface area contributed by atoms with Crippen LogP contribution < -0.4 is 9.47 Å². The average molecular weight is 469 g/mol. The molecule has 0 amide bonds. The first kappa shape index (κ1) is 22.3. The molecule has 176 valence electrons. The standard InChI is InChI=1S/C27H24N4O4/c1-4-24(32)34-26-22-14-20-10-8-18(29-20)12-16-6-7-17(28-16)13-19-9-11-21(30-19)15-23(31(22)3)27(26)35-25(33)5-2/h6-15,28H,4-5H2,1-3H3. The molecule has 0 aromatic carbocycles. The molecule has 0 saturated carbocycles. The largest absolute Gasteiger partial charge is 0.420 e. The van der Waals surface area contributed by atoms with Gasteiger partial charge >= 0.3 is 11.9 Å². The molecule has 8 bridgehead atoms. The second-order valence-electron chi connectivity index (χ2n) is 8.18. The fraction of sp³-hybridized carbons (Fsp3) is 0.185. The van der Waals surface area contributed by atoms with Crippen molar-refractivity contribution in [2.45, 2.75) is 26.7 Å². The number of H-pyrrole nitrogens is 1. The summed E-state index contributed by atoms with van der Waals surface area (Å²) in [5, 5.41) is 0. The molecule has 3 aromatic heterocycles. The lowest BCUT2D eigenvalue weighted by atomic mass is 10.3. The highest BCUT2D eigenvalue weighted by atomic mass is 16.6. The average Bonchev–Trinajstić information content (AvgIpc) is 3.62. The number of nitrogens with zero attached hydrogens (tertiary/aromatic N) is 3. The van der Waals surface area contributed by atoms with Crippen molar-refractivity contribution in [1.29, 1.82) is 0 Å². The van der Waals surface area contributed by atoms with Gasteiger partial charge in [0.2, 0.25) is 0 Å². The van der Waals surface area contributed by atoms with Crippen LogP contribution in [0, 0.1) is 0 Å². The first-order valence-electron chi connectivity index (χ1n) is 11.4. The lowest BCUT2D eigenvalue weighted by molar-refractivity contribution is -0.136. The quantitative estimate of drug-likeness (QED) is 0.360. The van der Waals surface area contributed by atoms with Gasteiger partial charge in [0.1, 0.15) is 0 Å². The molecule has 2 aliphatic rings. The molecule has 1 N–H and O–H groups in total. The number of esters is 2. The molecule has 35 heavy (non-hydrogen) atoms. The molecule has 0 atom stereocenters. The number of aryl methyl sites for hydroxylation is 1. The van der Waals surface area contributed by atoms with Crippen LogP contribution in [0.25, 0.3) is 46.4 Å². The van der Waals surface area contributed by atoms with Crippen molar-refractivity contribution in [3.05, 3.63) is 59.2 Å². The lowest BCUT2D eigenvalue weighted by Crippen LogP contribution is -2.09. The molecule has 0 aliphatic carbocycles. The van der Waals surface area contributed by atoms with Crippen LogP contribution in [0.5, 0.6) is 11.5 Å². The van der Waals surface area contributed by atoms with E-state index in [0.29, 0.717) is 22.4 Å². The van der Waals surface area contributed by atoms with Gasteiger partial charge in [0.05, 0.1) is 33.8 Å². The van der Waals surface area contributed by atoms with Gasteiger partial charge in [-0.15, -0.1) is 0 Å². The van der Waals surface area contributed by atoms with Gasteiger partial charge in [-0.2, -0.15) is 0 Å². The van der Waals surface area contributed by atoms with Gasteiger partial charge in [-0.05, 0) is 60.7 Å². The number of fused-ring (bicyclic) bond motifs is 8. The Balaban J connectivity index is 1.89. The third-order valence-corrected chi connectivity index (χ3v) is 5.68. The monoisotopic (exact) mass is 468 g/mol. The third kappa shape index (κ3) is 4.50. The summed E-state index contributed by atoms with van der Waals surface area (Å²) in [6.45, 7) is 3.42. The van der Waals surface area contributed by atoms with E-state index in [0.717, 1.165) is 22.4 Å². The maximum Gasteiger partial charge on any atom is 0.311 e. The van der Waals surface area contributed by atoms with Crippen molar-refractivity contribution in [2.75, 3.05) is 0 Å². The molecule has 0 spiro atoms. The minimum atomic E-state index is -0.438. The molecule has 5 heterocycles. The highest BCUT2D eigenvalue weighted by molar-refractivity contribution is 5.90. The number of carbonyl (C=O) groups is 2. The Morgan fingerprint density at radius 2 is 1.14 bits per heavy atom. The van der Waals surface area contributed by atoms with Crippen LogP contribution in [0.15, 0.2) is 36.4 Å². The Labute approximate surface area is 201 Å². The Morgan fingerprint density at radius 3 is 1.54 bits per heavy atom. The molecule has 2 aliphatic heterocycles. The van der Waals surface area contributed by atoms with Crippen LogP contribution in [0.4, 0.5) is 0 Å². The maximum atomic E-state index is 12.3. The number of aromatic nitrogens is 4. The zero-order valence-electron chi connectivity index (χ0n) is 19.7. The molecule has 0 saturated heterocycles. The zero-order valence-corrected chi connectivity index (χ0v) is 19.7. The summed E-state index contributed by atoms with van der Waals surface area (Å²) in [4.78, 5) is 37.4. The molecule has 0 radical (unpaired) electrons. The number of nitrogens with one attached hydrogen (secondary N) is 1. The topological polar surface area (TPSA) is 99.1 Å². The Kier molecular flexibility index (Phi) is 5.78. The van der Waals surface area contributed by atoms with Crippen LogP contribution in [-0.2, 0) is 16.6 Å². The van der Waals surface area contributed by atoms with E-state index in [2.05, 4.69) is 15.0 Å². The van der Waals surface area contributed by atoms with Crippen molar-refractivity contribution in [3.63, 3.8) is 0 Å². The van der Waals surface area contributed by atoms with E-state index in [4.69, 9.17) is 9.47 Å². The van der Waals surface area contributed by atoms with Gasteiger partial charge in [0.25, 0.3) is 0 Å². The van der Waals surface area contributed by atoms with Crippen LogP contribution in [0.1, 0.15) is 49.5 Å². The van der Waals surface area contributed by atoms with Crippen molar-refractivity contribution in [2.24, 2.45) is 7.05 Å². The van der Waals surface area contributed by atoms with E-state index in [-0.39, 0.29) is 24.3 Å². The van der Waals surface area contributed by atoms with E-state index >= 15 is 0 Å². The summed E-state index contributed by atoms with van der Waals surface area (Å²) < 4.78 is 13.2. The zero-order chi connectivity index (χ0) is 24.5. The Morgan fingerprint density at radius 1 is 0.743 bits per heavy atom. The predicted octanol–water partition coefficient (Wildman–Crippen LogP) is 5.30. The third-order valence-electron chi connectivity index (χ3n) is 5.68. The van der Waals surface area contributed by atoms with Gasteiger partial charge in [0.15, 0.2) is 11.5 Å². The van der Waals surface area contributed by atoms with Crippen molar-refractivity contribution >= 4 is 58.3 Å². The van der Waals surface area contributed by atoms with Crippen molar-refractivity contribution in [1.82, 2.24) is 19.5 Å². The Bertz CT molecular complexity index is 1460. The van der Waals surface area contributed by atoms with Gasteiger partial charge < -0.3 is 19.0 Å². The molecule has 0 fully saturated rings. The normalized spacial score (nSPS) is 12.1. The minimum Gasteiger partial charge on any atom is -0.420 e. The molecule has 3 aromatic rings. The number of carbonyl (C=O) groups excluding carboxylic acids is 2. The summed E-state index contributed by atoms with van der Waals surface area (Å²) >= 11 is 0. The van der Waals surface area contributed by atoms with E-state index in [1.807, 2.05) is 60.2 Å². The summed E-state index contributed by atoms with van der Waals surface area (Å²) in [6.07, 6.45) is 7.91. The van der Waals surface area contributed by atoms with Crippen molar-refractivity contribution < 1.29 is 19.1 Å². The number of rotatable bonds is 4. The SMILES string of the molecule is CCC(=O)Oc1c(OC(=O)CC)c2cc3nc(cc4ccc(cc5nc(cc1n2C)C=C5)[nH]4)C=C3. The number of aromatic amines is 1. The molecule has 8 heteroatoms. The second-order valence-corrected chi connectivity index (χ2v) is 8.18. The van der Waals surface area contributed by atoms with E-state index in [1.165, 1.54) is 0 Å². The number of hydrogen-bond acceptors (Lipinski definition) is 6. The van der Waals surface area contributed by atoms with Gasteiger partial charge in [0, 0.05) is 30.9 Å². The first-order valence-corrected chi connectivity index (χ1v) is 11.4. The molecule has 5 rings (SSSR count). The highest BCUT2D eigenvalue weighted by Gasteiger charge is 2.23. The van der Waals surface area contributed by atoms with Gasteiger partial charge in [-0.1, -0.05) is 13.8 Å². The summed E-state index contributed by atoms with van der Waals surface area (Å²) in [5.41, 5.74) is 5.82. The van der Waals surface area contributed by atoms with Crippen LogP contribution in [0.2, 0.25) is 0 Å². The van der Waals surface area contributed by atoms with E-state index < -0.39 is 11.9 Å². The maximum absolute atomic E-state index is 12.3.